The van der Waals surface area contributed by atoms with Gasteiger partial charge in [-0.05, 0) is 238 Å². The summed E-state index contributed by atoms with van der Waals surface area (Å²) in [6.45, 7) is 18.8. The Bertz CT molecular complexity index is 5770. The Hall–Kier alpha value is -10.0. The summed E-state index contributed by atoms with van der Waals surface area (Å²) in [5, 5.41) is 12.8. The molecule has 8 aliphatic rings. The van der Waals surface area contributed by atoms with Crippen LogP contribution in [-0.4, -0.2) is 183 Å². The number of alkyl halides is 1. The third kappa shape index (κ3) is 27.6. The predicted octanol–water partition coefficient (Wildman–Crippen LogP) is 8.49. The SMILES string of the molecule is COC(=O)c1cc(CBr)ccc1F.COC(=O)c1cc(Cn2c3c(c(=O)[nH]c2=O)CCCC3)ccc1F.C[Si](C)(C)Oc1nc2c(c(O[Si](C)(C)C)n1)CCCC2.O=C(C1CCCC1)N1CCNCC1.O=C(O)c1cc(Cn2c3c(c(=O)[nH]c2=O)CCCC3)ccc1F.O=C(c1cc(Cn2c3c(c(=O)[nH]c2=O)CCCC3)ccc1F)N1CCN(C(=O)C2CCCC2)CC1.[Na+].[OH-]. The van der Waals surface area contributed by atoms with Crippen molar-refractivity contribution in [3.8, 4) is 11.9 Å². The zero-order chi connectivity index (χ0) is 92.3. The molecule has 0 bridgehead atoms. The number of fused-ring (bicyclic) bond motifs is 4. The van der Waals surface area contributed by atoms with Crippen LogP contribution in [0.3, 0.4) is 0 Å². The molecule has 30 nitrogen and oxygen atoms in total. The topological polar surface area (TPSA) is 402 Å². The summed E-state index contributed by atoms with van der Waals surface area (Å²) in [5.41, 5.74) is 5.67. The predicted molar refractivity (Wildman–Crippen MR) is 483 cm³/mol. The van der Waals surface area contributed by atoms with Gasteiger partial charge in [-0.1, -0.05) is 65.9 Å². The fourth-order valence-electron chi connectivity index (χ4n) is 17.2. The fourth-order valence-corrected chi connectivity index (χ4v) is 19.0. The molecule has 696 valence electrons. The van der Waals surface area contributed by atoms with E-state index < -0.39 is 86.4 Å². The number of aromatic nitrogens is 8. The second-order valence-electron chi connectivity index (χ2n) is 35.1. The maximum atomic E-state index is 14.7. The van der Waals surface area contributed by atoms with E-state index in [1.807, 2.05) is 9.80 Å². The first-order valence-corrected chi connectivity index (χ1v) is 52.0. The molecule has 3 amide bonds. The normalized spacial score (nSPS) is 15.8. The Morgan fingerprint density at radius 3 is 1.17 bits per heavy atom. The van der Waals surface area contributed by atoms with E-state index >= 15 is 0 Å². The third-order valence-corrected chi connectivity index (χ3v) is 26.0. The number of piperazine rings is 2. The van der Waals surface area contributed by atoms with Crippen LogP contribution in [0, 0.1) is 35.1 Å². The van der Waals surface area contributed by atoms with E-state index in [0.29, 0.717) is 127 Å². The average molecular weight is 1910 g/mol. The first-order valence-electron chi connectivity index (χ1n) is 44.1. The number of nitrogens with one attached hydrogen (secondary N) is 4. The molecular weight excluding hydrogens is 1800 g/mol. The molecule has 130 heavy (non-hydrogen) atoms. The molecule has 0 unspecified atom stereocenters. The molecule has 6 heterocycles. The van der Waals surface area contributed by atoms with Crippen molar-refractivity contribution in [3.05, 3.63) is 248 Å². The summed E-state index contributed by atoms with van der Waals surface area (Å²) >= 11 is 3.21. The van der Waals surface area contributed by atoms with Crippen LogP contribution in [0.25, 0.3) is 0 Å². The van der Waals surface area contributed by atoms with Gasteiger partial charge in [0.05, 0.1) is 61.8 Å². The van der Waals surface area contributed by atoms with Crippen LogP contribution >= 0.6 is 15.9 Å². The molecule has 2 saturated carbocycles. The quantitative estimate of drug-likeness (QED) is 0.0247. The Kier molecular flexibility index (Phi) is 38.2. The Balaban J connectivity index is 0.000000181. The molecule has 4 fully saturated rings. The minimum absolute atomic E-state index is 0. The van der Waals surface area contributed by atoms with E-state index in [1.165, 1.54) is 114 Å². The third-order valence-electron chi connectivity index (χ3n) is 23.7. The number of carbonyl (C=O) groups is 6. The number of methoxy groups -OCH3 is 2. The first kappa shape index (κ1) is 104. The number of H-pyrrole nitrogens is 3. The van der Waals surface area contributed by atoms with Gasteiger partial charge >= 0.3 is 70.5 Å². The number of amides is 3. The van der Waals surface area contributed by atoms with Gasteiger partial charge < -0.3 is 48.9 Å². The van der Waals surface area contributed by atoms with Crippen molar-refractivity contribution in [1.29, 1.82) is 0 Å². The van der Waals surface area contributed by atoms with Gasteiger partial charge in [0.2, 0.25) is 34.3 Å². The number of halogens is 5. The van der Waals surface area contributed by atoms with E-state index in [1.54, 1.807) is 17.0 Å². The van der Waals surface area contributed by atoms with Crippen molar-refractivity contribution in [3.63, 3.8) is 0 Å². The largest absolute Gasteiger partial charge is 1.00 e. The van der Waals surface area contributed by atoms with Crippen molar-refractivity contribution in [1.82, 2.24) is 58.6 Å². The molecule has 4 aromatic carbocycles. The monoisotopic (exact) mass is 1910 g/mol. The van der Waals surface area contributed by atoms with Crippen LogP contribution in [0.2, 0.25) is 39.3 Å². The number of hydrogen-bond donors (Lipinski definition) is 5. The average Bonchev–Trinajstić information content (AvgIpc) is 0.871. The van der Waals surface area contributed by atoms with Gasteiger partial charge in [-0.25, -0.2) is 51.3 Å². The van der Waals surface area contributed by atoms with E-state index in [2.05, 4.69) is 94.9 Å². The van der Waals surface area contributed by atoms with Gasteiger partial charge in [0.25, 0.3) is 22.6 Å². The van der Waals surface area contributed by atoms with Gasteiger partial charge in [0.15, 0.2) is 0 Å². The van der Waals surface area contributed by atoms with Gasteiger partial charge in [-0.3, -0.25) is 57.4 Å². The number of carbonyl (C=O) groups excluding carboxylic acids is 5. The fraction of sp³-hybridized carbons (Fsp3) is 0.500. The summed E-state index contributed by atoms with van der Waals surface area (Å²) in [6, 6.07) is 16.9. The van der Waals surface area contributed by atoms with Crippen molar-refractivity contribution in [2.24, 2.45) is 11.8 Å². The molecule has 4 aromatic heterocycles. The Morgan fingerprint density at radius 2 is 0.777 bits per heavy atom. The zero-order valence-corrected chi connectivity index (χ0v) is 81.0. The number of hydrogen-bond acceptors (Lipinski definition) is 20. The van der Waals surface area contributed by atoms with Gasteiger partial charge in [-0.2, -0.15) is 4.98 Å². The number of nitrogens with zero attached hydrogens (tertiary/aromatic N) is 8. The summed E-state index contributed by atoms with van der Waals surface area (Å²) in [5.74, 6) is -4.03. The van der Waals surface area contributed by atoms with Crippen molar-refractivity contribution in [2.45, 2.75) is 218 Å². The number of carboxylic acid groups (broad SMARTS) is 1. The second-order valence-corrected chi connectivity index (χ2v) is 44.6. The van der Waals surface area contributed by atoms with Crippen molar-refractivity contribution < 1.29 is 105 Å². The minimum atomic E-state index is -1.69. The van der Waals surface area contributed by atoms with Crippen LogP contribution in [-0.2, 0) is 95.4 Å². The zero-order valence-electron chi connectivity index (χ0n) is 75.4. The number of carboxylic acids is 1. The van der Waals surface area contributed by atoms with Gasteiger partial charge in [0.1, 0.15) is 23.3 Å². The number of rotatable bonds is 17. The molecule has 0 radical (unpaired) electrons. The summed E-state index contributed by atoms with van der Waals surface area (Å²) in [6.07, 6.45) is 22.5. The maximum Gasteiger partial charge on any atom is 1.00 e. The maximum absolute atomic E-state index is 14.7. The molecule has 2 aliphatic heterocycles. The summed E-state index contributed by atoms with van der Waals surface area (Å²) in [7, 11) is -0.965. The van der Waals surface area contributed by atoms with E-state index in [-0.39, 0.29) is 99.9 Å². The van der Waals surface area contributed by atoms with E-state index in [9.17, 15) is 75.1 Å². The standard InChI is InChI=1S/C26H31FN4O4.C17H17FN2O4.C16H15FN2O4.C14H26N2O2Si2.C10H18N2O.C9H8BrFO2.Na.H2O/c27-21-10-9-17(16-31-22-8-4-3-7-19(22)23(32)28-26(31)35)15-20(21)25(34)30-13-11-29(12-14-30)24(33)18-5-1-2-6-18;1-24-16(22)12-8-10(6-7-13(12)18)9-20-14-5-3-2-4-11(14)15(21)19-17(20)23;17-12-6-5-9(7-11(12)15(21)22)8-19-13-4-2-1-3-10(13)14(20)18-16(19)23;1-19(2,3)17-13-11-9-7-8-10-12(11)15-14(16-13)18-20(4,5)6;13-10(9-3-1-2-4-9)12-7-5-11-6-8-12;1-13-9(12)7-4-6(5-10)2-3-8(7)11;;/h9-10,15,18H,1-8,11-14,16H2,(H,28,32,35);6-8H,2-5,9H2,1H3,(H,19,21,23);5-7H,1-4,8H2,(H,21,22)(H,18,20,23);7-10H2,1-6H3;9,11H,1-8H2;2-4H,5H2,1H3;;1H2/q;;;;;;+1;/p-1. The van der Waals surface area contributed by atoms with Crippen LogP contribution in [0.1, 0.15) is 211 Å². The molecule has 6 aliphatic carbocycles. The second kappa shape index (κ2) is 47.9. The van der Waals surface area contributed by atoms with Gasteiger partial charge in [-0.15, -0.1) is 0 Å². The number of aryl methyl sites for hydroxylation is 1. The minimum Gasteiger partial charge on any atom is -0.870 e. The molecule has 38 heteroatoms. The molecule has 0 atom stereocenters. The van der Waals surface area contributed by atoms with Crippen molar-refractivity contribution >= 4 is 68.2 Å². The summed E-state index contributed by atoms with van der Waals surface area (Å²) in [4.78, 5) is 166. The van der Waals surface area contributed by atoms with Crippen LogP contribution in [0.15, 0.2) is 102 Å². The molecule has 2 saturated heterocycles. The van der Waals surface area contributed by atoms with Crippen molar-refractivity contribution in [2.75, 3.05) is 66.6 Å². The first-order chi connectivity index (χ1) is 61.1. The van der Waals surface area contributed by atoms with E-state index in [4.69, 9.17) is 14.0 Å². The molecular formula is C92H116BrF4N12NaO18Si2. The summed E-state index contributed by atoms with van der Waals surface area (Å²) < 4.78 is 80.5. The number of aromatic amines is 3. The molecule has 0 spiro atoms. The number of ether oxygens (including phenoxy) is 2. The number of benzene rings is 4. The number of aromatic carboxylic acids is 1. The molecule has 8 aromatic rings. The van der Waals surface area contributed by atoms with Crippen LogP contribution < -0.4 is 77.5 Å². The van der Waals surface area contributed by atoms with Crippen LogP contribution in [0.5, 0.6) is 11.9 Å². The molecule has 16 rings (SSSR count). The van der Waals surface area contributed by atoms with E-state index in [0.717, 1.165) is 151 Å². The smallest absolute Gasteiger partial charge is 0.870 e. The van der Waals surface area contributed by atoms with Crippen LogP contribution in [0.4, 0.5) is 17.6 Å². The van der Waals surface area contributed by atoms with Gasteiger partial charge in [0, 0.05) is 109 Å². The molecule has 6 N–H and O–H groups in total. The Labute approximate surface area is 783 Å². The Morgan fingerprint density at radius 1 is 0.438 bits per heavy atom. The number of esters is 2.